The van der Waals surface area contributed by atoms with E-state index >= 15 is 0 Å². The number of unbranched alkanes of at least 4 members (excludes halogenated alkanes) is 6. The van der Waals surface area contributed by atoms with Gasteiger partial charge in [-0.25, -0.2) is 4.79 Å². The number of rotatable bonds is 13. The highest BCUT2D eigenvalue weighted by molar-refractivity contribution is 5.75. The van der Waals surface area contributed by atoms with Crippen molar-refractivity contribution in [2.24, 2.45) is 51.2 Å². The Kier molecular flexibility index (Phi) is 11.8. The Morgan fingerprint density at radius 1 is 0.740 bits per heavy atom. The molecule has 5 fully saturated rings. The summed E-state index contributed by atoms with van der Waals surface area (Å²) in [5.41, 5.74) is 1.80. The first-order chi connectivity index (χ1) is 23.6. The van der Waals surface area contributed by atoms with E-state index in [1.54, 1.807) is 6.92 Å². The van der Waals surface area contributed by atoms with Gasteiger partial charge in [-0.15, -0.1) is 0 Å². The molecule has 5 saturated carbocycles. The van der Waals surface area contributed by atoms with Crippen LogP contribution in [0.15, 0.2) is 12.2 Å². The van der Waals surface area contributed by atoms with Gasteiger partial charge in [0.25, 0.3) is 0 Å². The molecule has 10 atom stereocenters. The summed E-state index contributed by atoms with van der Waals surface area (Å²) in [5.74, 6) is 2.40. The standard InChI is InChI=1S/C43H72N2O5/c1-29(2)31-20-25-43(45-38(48)44-28-16-14-12-10-11-13-15-17-36(47)49-9)27-26-41(7)32(37(31)43)18-19-34-40(6)23-22-35(50-30(3)46)39(4,5)33(40)21-24-42(34,41)8/h31-35,37H,1,10-28H2,2-9H3,(H2,44,45,48)/t31-,32+,33-,34+,35-,37+,40-,41+,42+,43-/m0/s1. The maximum Gasteiger partial charge on any atom is 0.315 e. The van der Waals surface area contributed by atoms with Crippen molar-refractivity contribution in [2.75, 3.05) is 13.7 Å². The summed E-state index contributed by atoms with van der Waals surface area (Å²) in [6, 6.07) is 0.0171. The fourth-order valence-corrected chi connectivity index (χ4v) is 13.6. The maximum atomic E-state index is 13.6. The van der Waals surface area contributed by atoms with E-state index in [0.29, 0.717) is 42.6 Å². The Labute approximate surface area is 304 Å². The van der Waals surface area contributed by atoms with Gasteiger partial charge in [0, 0.05) is 30.8 Å². The first-order valence-corrected chi connectivity index (χ1v) is 20.5. The number of amides is 2. The first kappa shape index (κ1) is 39.2. The summed E-state index contributed by atoms with van der Waals surface area (Å²) in [7, 11) is 1.45. The highest BCUT2D eigenvalue weighted by atomic mass is 16.5. The number of allylic oxidation sites excluding steroid dienone is 1. The largest absolute Gasteiger partial charge is 0.469 e. The third kappa shape index (κ3) is 7.03. The molecule has 50 heavy (non-hydrogen) atoms. The zero-order chi connectivity index (χ0) is 36.5. The van der Waals surface area contributed by atoms with Crippen LogP contribution in [0.3, 0.4) is 0 Å². The Bertz CT molecular complexity index is 1260. The minimum absolute atomic E-state index is 0.00655. The van der Waals surface area contributed by atoms with Crippen molar-refractivity contribution in [1.82, 2.24) is 10.6 Å². The van der Waals surface area contributed by atoms with Crippen molar-refractivity contribution < 1.29 is 23.9 Å². The average molecular weight is 697 g/mol. The minimum atomic E-state index is -0.156. The summed E-state index contributed by atoms with van der Waals surface area (Å²) in [5, 5.41) is 6.92. The van der Waals surface area contributed by atoms with Gasteiger partial charge in [0.05, 0.1) is 7.11 Å². The molecule has 0 radical (unpaired) electrons. The van der Waals surface area contributed by atoms with Crippen LogP contribution in [-0.4, -0.2) is 43.3 Å². The molecule has 5 aliphatic rings. The van der Waals surface area contributed by atoms with Crippen LogP contribution < -0.4 is 10.6 Å². The average Bonchev–Trinajstić information content (AvgIpc) is 3.43. The molecule has 7 nitrogen and oxygen atoms in total. The topological polar surface area (TPSA) is 93.7 Å². The van der Waals surface area contributed by atoms with E-state index in [1.807, 2.05) is 0 Å². The summed E-state index contributed by atoms with van der Waals surface area (Å²) in [6.45, 7) is 21.7. The molecular weight excluding hydrogens is 624 g/mol. The van der Waals surface area contributed by atoms with E-state index in [4.69, 9.17) is 9.47 Å². The number of hydrogen-bond donors (Lipinski definition) is 2. The molecular formula is C43H72N2O5. The van der Waals surface area contributed by atoms with E-state index in [2.05, 4.69) is 58.8 Å². The number of carbonyl (C=O) groups excluding carboxylic acids is 3. The third-order valence-electron chi connectivity index (χ3n) is 16.2. The van der Waals surface area contributed by atoms with Crippen molar-refractivity contribution in [3.05, 3.63) is 12.2 Å². The van der Waals surface area contributed by atoms with Gasteiger partial charge in [-0.1, -0.05) is 78.9 Å². The molecule has 284 valence electrons. The predicted molar refractivity (Wildman–Crippen MR) is 200 cm³/mol. The number of hydrogen-bond acceptors (Lipinski definition) is 5. The second-order valence-electron chi connectivity index (χ2n) is 19.0. The molecule has 0 saturated heterocycles. The van der Waals surface area contributed by atoms with Crippen LogP contribution in [0.5, 0.6) is 0 Å². The maximum absolute atomic E-state index is 13.6. The van der Waals surface area contributed by atoms with E-state index in [9.17, 15) is 14.4 Å². The number of nitrogens with one attached hydrogen (secondary N) is 2. The molecule has 2 amide bonds. The molecule has 0 heterocycles. The van der Waals surface area contributed by atoms with Crippen LogP contribution >= 0.6 is 0 Å². The van der Waals surface area contributed by atoms with Crippen LogP contribution in [0.4, 0.5) is 4.79 Å². The lowest BCUT2D eigenvalue weighted by atomic mass is 9.32. The molecule has 0 bridgehead atoms. The van der Waals surface area contributed by atoms with Gasteiger partial charge < -0.3 is 20.1 Å². The number of esters is 2. The number of carbonyl (C=O) groups is 3. The summed E-state index contributed by atoms with van der Waals surface area (Å²) in [6.07, 6.45) is 19.5. The van der Waals surface area contributed by atoms with Crippen LogP contribution in [-0.2, 0) is 19.1 Å². The molecule has 0 aromatic rings. The summed E-state index contributed by atoms with van der Waals surface area (Å²) >= 11 is 0. The molecule has 7 heteroatoms. The molecule has 0 aromatic heterocycles. The van der Waals surface area contributed by atoms with Crippen LogP contribution in [0.25, 0.3) is 0 Å². The van der Waals surface area contributed by atoms with Crippen molar-refractivity contribution >= 4 is 18.0 Å². The highest BCUT2D eigenvalue weighted by Gasteiger charge is 2.71. The lowest BCUT2D eigenvalue weighted by Gasteiger charge is -2.73. The number of fused-ring (bicyclic) bond motifs is 7. The van der Waals surface area contributed by atoms with Gasteiger partial charge in [0.2, 0.25) is 0 Å². The monoisotopic (exact) mass is 697 g/mol. The van der Waals surface area contributed by atoms with Gasteiger partial charge in [-0.2, -0.15) is 0 Å². The predicted octanol–water partition coefficient (Wildman–Crippen LogP) is 9.92. The van der Waals surface area contributed by atoms with Crippen molar-refractivity contribution in [3.63, 3.8) is 0 Å². The number of ether oxygens (including phenoxy) is 2. The van der Waals surface area contributed by atoms with Crippen LogP contribution in [0.2, 0.25) is 0 Å². The fraction of sp³-hybridized carbons (Fsp3) is 0.884. The second kappa shape index (κ2) is 15.1. The molecule has 0 unspecified atom stereocenters. The number of urea groups is 1. The van der Waals surface area contributed by atoms with Gasteiger partial charge in [-0.05, 0) is 130 Å². The lowest BCUT2D eigenvalue weighted by Crippen LogP contribution is -2.69. The van der Waals surface area contributed by atoms with Crippen LogP contribution in [0, 0.1) is 51.2 Å². The zero-order valence-corrected chi connectivity index (χ0v) is 33.1. The Balaban J connectivity index is 1.23. The fourth-order valence-electron chi connectivity index (χ4n) is 13.6. The second-order valence-corrected chi connectivity index (χ2v) is 19.0. The molecule has 0 aromatic carbocycles. The van der Waals surface area contributed by atoms with Gasteiger partial charge >= 0.3 is 18.0 Å². The van der Waals surface area contributed by atoms with E-state index in [0.717, 1.165) is 70.6 Å². The van der Waals surface area contributed by atoms with Crippen molar-refractivity contribution in [2.45, 2.75) is 176 Å². The summed E-state index contributed by atoms with van der Waals surface area (Å²) < 4.78 is 10.7. The lowest BCUT2D eigenvalue weighted by molar-refractivity contribution is -0.245. The van der Waals surface area contributed by atoms with Gasteiger partial charge in [0.15, 0.2) is 0 Å². The molecule has 0 spiro atoms. The summed E-state index contributed by atoms with van der Waals surface area (Å²) in [4.78, 5) is 36.9. The van der Waals surface area contributed by atoms with Crippen molar-refractivity contribution in [3.8, 4) is 0 Å². The molecule has 5 rings (SSSR count). The Hall–Kier alpha value is -2.05. The van der Waals surface area contributed by atoms with E-state index in [1.165, 1.54) is 51.2 Å². The van der Waals surface area contributed by atoms with Gasteiger partial charge in [-0.3, -0.25) is 9.59 Å². The zero-order valence-electron chi connectivity index (χ0n) is 33.1. The van der Waals surface area contributed by atoms with Crippen LogP contribution in [0.1, 0.15) is 164 Å². The third-order valence-corrected chi connectivity index (χ3v) is 16.2. The first-order valence-electron chi connectivity index (χ1n) is 20.5. The smallest absolute Gasteiger partial charge is 0.315 e. The SMILES string of the molecule is C=C(C)[C@@H]1CC[C@]2(NC(=O)NCCCCCCCCCC(=O)OC)CC[C@]3(C)[C@H](CC[C@@H]4[C@@]5(C)CC[C@H](OC(C)=O)C(C)(C)[C@@H]5CC[C@]43C)[C@@H]12. The molecule has 2 N–H and O–H groups in total. The normalized spacial score (nSPS) is 39.9. The Morgan fingerprint density at radius 2 is 1.42 bits per heavy atom. The quantitative estimate of drug-likeness (QED) is 0.114. The number of methoxy groups -OCH3 is 1. The van der Waals surface area contributed by atoms with E-state index < -0.39 is 0 Å². The molecule has 5 aliphatic carbocycles. The van der Waals surface area contributed by atoms with Crippen molar-refractivity contribution in [1.29, 1.82) is 0 Å². The molecule has 0 aliphatic heterocycles. The minimum Gasteiger partial charge on any atom is -0.469 e. The Morgan fingerprint density at radius 3 is 2.08 bits per heavy atom. The van der Waals surface area contributed by atoms with E-state index in [-0.39, 0.29) is 51.3 Å². The van der Waals surface area contributed by atoms with Gasteiger partial charge in [0.1, 0.15) is 6.10 Å². The highest BCUT2D eigenvalue weighted by Crippen LogP contribution is 2.76.